The van der Waals surface area contributed by atoms with E-state index in [1.807, 2.05) is 43.0 Å². The number of anilines is 2. The number of nitrogens with zero attached hydrogens (tertiary/aromatic N) is 1. The molecule has 0 aromatic heterocycles. The molecule has 0 fully saturated rings. The number of hydrogen-bond donors (Lipinski definition) is 1. The topological polar surface area (TPSA) is 23.5 Å². The van der Waals surface area contributed by atoms with E-state index < -0.39 is 6.10 Å². The maximum absolute atomic E-state index is 14.3. The number of aryl methyl sites for hydroxylation is 1. The van der Waals surface area contributed by atoms with Gasteiger partial charge >= 0.3 is 0 Å². The summed E-state index contributed by atoms with van der Waals surface area (Å²) in [4.78, 5) is 1.89. The van der Waals surface area contributed by atoms with E-state index >= 15 is 0 Å². The van der Waals surface area contributed by atoms with Crippen molar-refractivity contribution in [2.24, 2.45) is 0 Å². The van der Waals surface area contributed by atoms with Crippen molar-refractivity contribution in [2.75, 3.05) is 11.4 Å². The van der Waals surface area contributed by atoms with Crippen LogP contribution in [-0.4, -0.2) is 11.7 Å². The van der Waals surface area contributed by atoms with Crippen molar-refractivity contribution in [3.63, 3.8) is 0 Å². The summed E-state index contributed by atoms with van der Waals surface area (Å²) in [6.45, 7) is 6.27. The van der Waals surface area contributed by atoms with Gasteiger partial charge in [-0.15, -0.1) is 0 Å². The van der Waals surface area contributed by atoms with E-state index in [-0.39, 0.29) is 5.82 Å². The highest BCUT2D eigenvalue weighted by Crippen LogP contribution is 2.34. The van der Waals surface area contributed by atoms with Gasteiger partial charge in [-0.2, -0.15) is 0 Å². The summed E-state index contributed by atoms with van der Waals surface area (Å²) in [5, 5.41) is 9.87. The number of para-hydroxylation sites is 1. The van der Waals surface area contributed by atoms with E-state index in [9.17, 15) is 9.50 Å². The van der Waals surface area contributed by atoms with E-state index in [1.165, 1.54) is 6.07 Å². The van der Waals surface area contributed by atoms with Crippen LogP contribution >= 0.6 is 0 Å². The standard InChI is InChI=1S/C17H20FNO/c1-4-19(14-10-8-12(2)9-11-14)17-15(13(3)20)6-5-7-16(17)18/h5-11,13,20H,4H2,1-3H3. The highest BCUT2D eigenvalue weighted by molar-refractivity contribution is 5.67. The number of aliphatic hydroxyl groups is 1. The molecule has 0 radical (unpaired) electrons. The first-order chi connectivity index (χ1) is 9.54. The van der Waals surface area contributed by atoms with Gasteiger partial charge in [0.25, 0.3) is 0 Å². The first-order valence-electron chi connectivity index (χ1n) is 6.85. The van der Waals surface area contributed by atoms with Crippen LogP contribution in [-0.2, 0) is 0 Å². The SMILES string of the molecule is CCN(c1ccc(C)cc1)c1c(F)cccc1C(C)O. The Morgan fingerprint density at radius 1 is 1.15 bits per heavy atom. The van der Waals surface area contributed by atoms with Gasteiger partial charge in [-0.1, -0.05) is 29.8 Å². The molecule has 106 valence electrons. The second-order valence-corrected chi connectivity index (χ2v) is 4.93. The molecule has 0 saturated heterocycles. The Morgan fingerprint density at radius 2 is 1.80 bits per heavy atom. The van der Waals surface area contributed by atoms with Gasteiger partial charge in [0.05, 0.1) is 11.8 Å². The van der Waals surface area contributed by atoms with E-state index in [0.717, 1.165) is 11.3 Å². The first-order valence-corrected chi connectivity index (χ1v) is 6.85. The predicted octanol–water partition coefficient (Wildman–Crippen LogP) is 4.35. The second-order valence-electron chi connectivity index (χ2n) is 4.93. The van der Waals surface area contributed by atoms with Gasteiger partial charge < -0.3 is 10.0 Å². The fraction of sp³-hybridized carbons (Fsp3) is 0.294. The molecule has 20 heavy (non-hydrogen) atoms. The lowest BCUT2D eigenvalue weighted by Crippen LogP contribution is -2.19. The van der Waals surface area contributed by atoms with Gasteiger partial charge in [0.2, 0.25) is 0 Å². The normalized spacial score (nSPS) is 12.2. The summed E-state index contributed by atoms with van der Waals surface area (Å²) >= 11 is 0. The zero-order chi connectivity index (χ0) is 14.7. The summed E-state index contributed by atoms with van der Waals surface area (Å²) in [6.07, 6.45) is -0.708. The molecule has 0 spiro atoms. The Morgan fingerprint density at radius 3 is 2.35 bits per heavy atom. The van der Waals surface area contributed by atoms with Gasteiger partial charge in [-0.05, 0) is 39.0 Å². The Kier molecular flexibility index (Phi) is 4.40. The second kappa shape index (κ2) is 6.06. The van der Waals surface area contributed by atoms with Crippen molar-refractivity contribution in [1.29, 1.82) is 0 Å². The summed E-state index contributed by atoms with van der Waals surface area (Å²) in [6, 6.07) is 12.8. The van der Waals surface area contributed by atoms with Gasteiger partial charge in [0.1, 0.15) is 5.82 Å². The van der Waals surface area contributed by atoms with E-state index in [1.54, 1.807) is 19.1 Å². The maximum atomic E-state index is 14.3. The molecular weight excluding hydrogens is 253 g/mol. The van der Waals surface area contributed by atoms with Crippen LogP contribution in [0.15, 0.2) is 42.5 Å². The van der Waals surface area contributed by atoms with Crippen molar-refractivity contribution in [3.05, 3.63) is 59.4 Å². The molecule has 2 nitrogen and oxygen atoms in total. The van der Waals surface area contributed by atoms with E-state index in [0.29, 0.717) is 17.8 Å². The number of benzene rings is 2. The molecule has 0 bridgehead atoms. The molecule has 0 aliphatic carbocycles. The minimum Gasteiger partial charge on any atom is -0.389 e. The monoisotopic (exact) mass is 273 g/mol. The summed E-state index contributed by atoms with van der Waals surface area (Å²) in [7, 11) is 0. The molecule has 1 atom stereocenters. The van der Waals surface area contributed by atoms with Crippen LogP contribution in [0.3, 0.4) is 0 Å². The zero-order valence-corrected chi connectivity index (χ0v) is 12.1. The molecule has 0 aliphatic heterocycles. The third-order valence-corrected chi connectivity index (χ3v) is 3.40. The number of aliphatic hydroxyl groups excluding tert-OH is 1. The van der Waals surface area contributed by atoms with Crippen molar-refractivity contribution in [1.82, 2.24) is 0 Å². The predicted molar refractivity (Wildman–Crippen MR) is 80.9 cm³/mol. The number of halogens is 1. The molecule has 3 heteroatoms. The summed E-state index contributed by atoms with van der Waals surface area (Å²) in [5.41, 5.74) is 3.14. The third-order valence-electron chi connectivity index (χ3n) is 3.40. The van der Waals surface area contributed by atoms with Crippen molar-refractivity contribution in [3.8, 4) is 0 Å². The Balaban J connectivity index is 2.54. The van der Waals surface area contributed by atoms with Crippen LogP contribution < -0.4 is 4.90 Å². The zero-order valence-electron chi connectivity index (χ0n) is 12.1. The van der Waals surface area contributed by atoms with Crippen molar-refractivity contribution < 1.29 is 9.50 Å². The van der Waals surface area contributed by atoms with E-state index in [4.69, 9.17) is 0 Å². The van der Waals surface area contributed by atoms with Crippen molar-refractivity contribution in [2.45, 2.75) is 26.9 Å². The molecular formula is C17H20FNO. The van der Waals surface area contributed by atoms with Crippen LogP contribution in [0.5, 0.6) is 0 Å². The lowest BCUT2D eigenvalue weighted by atomic mass is 10.1. The van der Waals surface area contributed by atoms with Gasteiger partial charge in [0.15, 0.2) is 0 Å². The largest absolute Gasteiger partial charge is 0.389 e. The lowest BCUT2D eigenvalue weighted by molar-refractivity contribution is 0.199. The summed E-state index contributed by atoms with van der Waals surface area (Å²) in [5.74, 6) is -0.314. The molecule has 0 aliphatic rings. The van der Waals surface area contributed by atoms with Crippen LogP contribution in [0.4, 0.5) is 15.8 Å². The highest BCUT2D eigenvalue weighted by atomic mass is 19.1. The van der Waals surface area contributed by atoms with Crippen molar-refractivity contribution >= 4 is 11.4 Å². The molecule has 2 rings (SSSR count). The molecule has 0 amide bonds. The fourth-order valence-electron chi connectivity index (χ4n) is 2.35. The quantitative estimate of drug-likeness (QED) is 0.895. The van der Waals surface area contributed by atoms with Crippen LogP contribution in [0.25, 0.3) is 0 Å². The average Bonchev–Trinajstić information content (AvgIpc) is 2.43. The van der Waals surface area contributed by atoms with Gasteiger partial charge in [0, 0.05) is 17.8 Å². The number of hydrogen-bond acceptors (Lipinski definition) is 2. The summed E-state index contributed by atoms with van der Waals surface area (Å²) < 4.78 is 14.3. The lowest BCUT2D eigenvalue weighted by Gasteiger charge is -2.27. The first kappa shape index (κ1) is 14.5. The molecule has 2 aromatic carbocycles. The molecule has 1 N–H and O–H groups in total. The smallest absolute Gasteiger partial charge is 0.147 e. The fourth-order valence-corrected chi connectivity index (χ4v) is 2.35. The Bertz CT molecular complexity index is 578. The minimum absolute atomic E-state index is 0.314. The molecule has 0 heterocycles. The van der Waals surface area contributed by atoms with E-state index in [2.05, 4.69) is 0 Å². The minimum atomic E-state index is -0.708. The molecule has 1 unspecified atom stereocenters. The van der Waals surface area contributed by atoms with Crippen LogP contribution in [0.2, 0.25) is 0 Å². The average molecular weight is 273 g/mol. The molecule has 0 saturated carbocycles. The highest BCUT2D eigenvalue weighted by Gasteiger charge is 2.18. The molecule has 2 aromatic rings. The van der Waals surface area contributed by atoms with Gasteiger partial charge in [-0.25, -0.2) is 4.39 Å². The van der Waals surface area contributed by atoms with Crippen LogP contribution in [0.1, 0.15) is 31.1 Å². The maximum Gasteiger partial charge on any atom is 0.147 e. The Hall–Kier alpha value is -1.87. The van der Waals surface area contributed by atoms with Crippen LogP contribution in [0, 0.1) is 12.7 Å². The number of rotatable bonds is 4. The van der Waals surface area contributed by atoms with Gasteiger partial charge in [-0.3, -0.25) is 0 Å². The third kappa shape index (κ3) is 2.83. The Labute approximate surface area is 119 Å².